The molecule has 0 bridgehead atoms. The van der Waals surface area contributed by atoms with Gasteiger partial charge < -0.3 is 15.3 Å². The number of likely N-dealkylation sites (N-methyl/N-ethyl adjacent to an activating group) is 1. The number of benzene rings is 2. The van der Waals surface area contributed by atoms with E-state index in [1.807, 2.05) is 24.3 Å². The molecule has 1 fully saturated rings. The van der Waals surface area contributed by atoms with E-state index < -0.39 is 0 Å². The molecule has 4 heteroatoms. The van der Waals surface area contributed by atoms with E-state index in [0.29, 0.717) is 11.7 Å². The molecule has 4 rings (SSSR count). The fourth-order valence-electron chi connectivity index (χ4n) is 4.56. The summed E-state index contributed by atoms with van der Waals surface area (Å²) in [4.78, 5) is 15.3. The molecule has 2 unspecified atom stereocenters. The number of fused-ring (bicyclic) bond motifs is 1. The summed E-state index contributed by atoms with van der Waals surface area (Å²) in [6.45, 7) is 2.22. The van der Waals surface area contributed by atoms with E-state index >= 15 is 0 Å². The van der Waals surface area contributed by atoms with E-state index in [2.05, 4.69) is 29.4 Å². The molecule has 1 amide bonds. The molecule has 1 heterocycles. The SMILES string of the molecule is CN1CCCC(c2cccc(C(=O)NC3CCCc4cc(O)ccc43)c2)C1. The molecule has 0 radical (unpaired) electrons. The highest BCUT2D eigenvalue weighted by Crippen LogP contribution is 2.32. The van der Waals surface area contributed by atoms with Crippen LogP contribution in [0.5, 0.6) is 5.75 Å². The topological polar surface area (TPSA) is 52.6 Å². The number of carbonyl (C=O) groups is 1. The molecule has 27 heavy (non-hydrogen) atoms. The molecule has 1 saturated heterocycles. The Balaban J connectivity index is 1.50. The van der Waals surface area contributed by atoms with E-state index in [0.717, 1.165) is 49.0 Å². The Labute approximate surface area is 161 Å². The normalized spacial score (nSPS) is 22.9. The van der Waals surface area contributed by atoms with Crippen molar-refractivity contribution in [1.82, 2.24) is 10.2 Å². The maximum Gasteiger partial charge on any atom is 0.251 e. The summed E-state index contributed by atoms with van der Waals surface area (Å²) < 4.78 is 0. The first-order valence-corrected chi connectivity index (χ1v) is 10.0. The highest BCUT2D eigenvalue weighted by Gasteiger charge is 2.24. The number of aromatic hydroxyl groups is 1. The maximum absolute atomic E-state index is 12.9. The third-order valence-electron chi connectivity index (χ3n) is 5.99. The van der Waals surface area contributed by atoms with Gasteiger partial charge in [-0.2, -0.15) is 0 Å². The highest BCUT2D eigenvalue weighted by atomic mass is 16.3. The fraction of sp³-hybridized carbons (Fsp3) is 0.435. The predicted molar refractivity (Wildman–Crippen MR) is 107 cm³/mol. The first-order valence-electron chi connectivity index (χ1n) is 10.0. The zero-order valence-electron chi connectivity index (χ0n) is 15.9. The number of nitrogens with zero attached hydrogens (tertiary/aromatic N) is 1. The van der Waals surface area contributed by atoms with Gasteiger partial charge in [0.15, 0.2) is 0 Å². The minimum Gasteiger partial charge on any atom is -0.508 e. The quantitative estimate of drug-likeness (QED) is 0.865. The molecule has 1 aliphatic heterocycles. The van der Waals surface area contributed by atoms with Gasteiger partial charge >= 0.3 is 0 Å². The standard InChI is InChI=1S/C23H28N2O2/c1-25-12-4-8-19(15-25)16-5-2-7-18(13-16)23(27)24-22-9-3-6-17-14-20(26)10-11-21(17)22/h2,5,7,10-11,13-14,19,22,26H,3-4,6,8-9,12,15H2,1H3,(H,24,27). The molecule has 2 N–H and O–H groups in total. The second-order valence-electron chi connectivity index (χ2n) is 8.03. The Bertz CT molecular complexity index is 833. The summed E-state index contributed by atoms with van der Waals surface area (Å²) in [7, 11) is 2.17. The predicted octanol–water partition coefficient (Wildman–Crippen LogP) is 4.01. The zero-order chi connectivity index (χ0) is 18.8. The third kappa shape index (κ3) is 4.01. The average molecular weight is 364 g/mol. The first kappa shape index (κ1) is 18.1. The Morgan fingerprint density at radius 1 is 1.15 bits per heavy atom. The Hall–Kier alpha value is -2.33. The van der Waals surface area contributed by atoms with Crippen LogP contribution in [0.25, 0.3) is 0 Å². The van der Waals surface area contributed by atoms with Crippen molar-refractivity contribution >= 4 is 5.91 Å². The Morgan fingerprint density at radius 2 is 2.04 bits per heavy atom. The van der Waals surface area contributed by atoms with Crippen molar-refractivity contribution in [3.05, 3.63) is 64.7 Å². The molecule has 0 aromatic heterocycles. The van der Waals surface area contributed by atoms with Gasteiger partial charge in [0.1, 0.15) is 5.75 Å². The number of nitrogens with one attached hydrogen (secondary N) is 1. The molecular weight excluding hydrogens is 336 g/mol. The van der Waals surface area contributed by atoms with Crippen molar-refractivity contribution in [1.29, 1.82) is 0 Å². The third-order valence-corrected chi connectivity index (χ3v) is 5.99. The molecular formula is C23H28N2O2. The lowest BCUT2D eigenvalue weighted by Crippen LogP contribution is -2.32. The van der Waals surface area contributed by atoms with Crippen LogP contribution in [0, 0.1) is 0 Å². The van der Waals surface area contributed by atoms with Gasteiger partial charge in [-0.15, -0.1) is 0 Å². The number of carbonyl (C=O) groups excluding carboxylic acids is 1. The summed E-state index contributed by atoms with van der Waals surface area (Å²) in [5.74, 6) is 0.799. The van der Waals surface area contributed by atoms with Crippen molar-refractivity contribution in [3.8, 4) is 5.75 Å². The largest absolute Gasteiger partial charge is 0.508 e. The number of hydrogen-bond donors (Lipinski definition) is 2. The van der Waals surface area contributed by atoms with Crippen molar-refractivity contribution in [3.63, 3.8) is 0 Å². The molecule has 2 aromatic rings. The van der Waals surface area contributed by atoms with Gasteiger partial charge in [-0.05, 0) is 92.6 Å². The number of rotatable bonds is 3. The summed E-state index contributed by atoms with van der Waals surface area (Å²) in [6, 6.07) is 13.6. The average Bonchev–Trinajstić information content (AvgIpc) is 2.68. The van der Waals surface area contributed by atoms with Gasteiger partial charge in [0.2, 0.25) is 0 Å². The van der Waals surface area contributed by atoms with Gasteiger partial charge in [0.25, 0.3) is 5.91 Å². The summed E-state index contributed by atoms with van der Waals surface area (Å²) in [6.07, 6.45) is 5.32. The number of phenolic OH excluding ortho intramolecular Hbond substituents is 1. The number of piperidine rings is 1. The number of likely N-dealkylation sites (tertiary alicyclic amines) is 1. The number of phenols is 1. The molecule has 4 nitrogen and oxygen atoms in total. The first-order chi connectivity index (χ1) is 13.1. The number of aryl methyl sites for hydroxylation is 1. The fourth-order valence-corrected chi connectivity index (χ4v) is 4.56. The molecule has 2 atom stereocenters. The van der Waals surface area contributed by atoms with Crippen LogP contribution in [0.3, 0.4) is 0 Å². The summed E-state index contributed by atoms with van der Waals surface area (Å²) in [5, 5.41) is 12.9. The van der Waals surface area contributed by atoms with E-state index in [1.165, 1.54) is 18.4 Å². The van der Waals surface area contributed by atoms with Crippen LogP contribution in [0.2, 0.25) is 0 Å². The lowest BCUT2D eigenvalue weighted by Gasteiger charge is -2.30. The van der Waals surface area contributed by atoms with Gasteiger partial charge in [0.05, 0.1) is 6.04 Å². The van der Waals surface area contributed by atoms with Crippen LogP contribution < -0.4 is 5.32 Å². The smallest absolute Gasteiger partial charge is 0.251 e. The van der Waals surface area contributed by atoms with Crippen molar-refractivity contribution in [2.45, 2.75) is 44.1 Å². The van der Waals surface area contributed by atoms with Gasteiger partial charge in [-0.1, -0.05) is 18.2 Å². The minimum atomic E-state index is -0.00746. The molecule has 2 aliphatic rings. The zero-order valence-corrected chi connectivity index (χ0v) is 15.9. The molecule has 2 aromatic carbocycles. The minimum absolute atomic E-state index is 0.00746. The molecule has 1 aliphatic carbocycles. The molecule has 0 spiro atoms. The summed E-state index contributed by atoms with van der Waals surface area (Å²) >= 11 is 0. The van der Waals surface area contributed by atoms with Crippen LogP contribution in [-0.4, -0.2) is 36.1 Å². The van der Waals surface area contributed by atoms with Gasteiger partial charge in [-0.3, -0.25) is 4.79 Å². The highest BCUT2D eigenvalue weighted by molar-refractivity contribution is 5.94. The molecule has 142 valence electrons. The van der Waals surface area contributed by atoms with Crippen LogP contribution in [0.1, 0.15) is 64.7 Å². The van der Waals surface area contributed by atoms with Crippen molar-refractivity contribution in [2.24, 2.45) is 0 Å². The lowest BCUT2D eigenvalue weighted by atomic mass is 9.87. The Morgan fingerprint density at radius 3 is 2.89 bits per heavy atom. The lowest BCUT2D eigenvalue weighted by molar-refractivity contribution is 0.0932. The van der Waals surface area contributed by atoms with Crippen molar-refractivity contribution in [2.75, 3.05) is 20.1 Å². The van der Waals surface area contributed by atoms with Crippen LogP contribution in [0.4, 0.5) is 0 Å². The summed E-state index contributed by atoms with van der Waals surface area (Å²) in [5.41, 5.74) is 4.29. The van der Waals surface area contributed by atoms with E-state index in [9.17, 15) is 9.90 Å². The van der Waals surface area contributed by atoms with Crippen LogP contribution >= 0.6 is 0 Å². The van der Waals surface area contributed by atoms with Crippen LogP contribution in [0.15, 0.2) is 42.5 Å². The van der Waals surface area contributed by atoms with Crippen LogP contribution in [-0.2, 0) is 6.42 Å². The number of amides is 1. The monoisotopic (exact) mass is 364 g/mol. The van der Waals surface area contributed by atoms with E-state index in [4.69, 9.17) is 0 Å². The molecule has 0 saturated carbocycles. The Kier molecular flexibility index (Phi) is 5.17. The van der Waals surface area contributed by atoms with E-state index in [-0.39, 0.29) is 11.9 Å². The second-order valence-corrected chi connectivity index (χ2v) is 8.03. The van der Waals surface area contributed by atoms with Crippen molar-refractivity contribution < 1.29 is 9.90 Å². The van der Waals surface area contributed by atoms with Gasteiger partial charge in [0, 0.05) is 12.1 Å². The second kappa shape index (κ2) is 7.73. The van der Waals surface area contributed by atoms with Gasteiger partial charge in [-0.25, -0.2) is 0 Å². The maximum atomic E-state index is 12.9. The number of hydrogen-bond acceptors (Lipinski definition) is 3. The van der Waals surface area contributed by atoms with E-state index in [1.54, 1.807) is 6.07 Å².